The van der Waals surface area contributed by atoms with Gasteiger partial charge < -0.3 is 4.90 Å². The van der Waals surface area contributed by atoms with Gasteiger partial charge in [0.05, 0.1) is 6.10 Å². The summed E-state index contributed by atoms with van der Waals surface area (Å²) in [4.78, 5) is 7.19. The van der Waals surface area contributed by atoms with Crippen LogP contribution in [0.15, 0.2) is 24.3 Å². The predicted octanol–water partition coefficient (Wildman–Crippen LogP) is 1.46. The van der Waals surface area contributed by atoms with Crippen molar-refractivity contribution < 1.29 is 4.84 Å². The number of hydrogen-bond donors (Lipinski definition) is 1. The molecule has 0 saturated carbocycles. The minimum atomic E-state index is 0.189. The number of nitrogens with zero attached hydrogens (tertiary/aromatic N) is 1. The van der Waals surface area contributed by atoms with E-state index >= 15 is 0 Å². The van der Waals surface area contributed by atoms with Crippen molar-refractivity contribution in [2.24, 2.45) is 5.90 Å². The van der Waals surface area contributed by atoms with Crippen LogP contribution in [-0.2, 0) is 4.84 Å². The van der Waals surface area contributed by atoms with Crippen molar-refractivity contribution in [1.29, 1.82) is 0 Å². The van der Waals surface area contributed by atoms with Crippen LogP contribution in [0.3, 0.4) is 0 Å². The molecule has 1 saturated heterocycles. The maximum Gasteiger partial charge on any atom is 0.0978 e. The summed E-state index contributed by atoms with van der Waals surface area (Å²) in [6.45, 7) is 4.07. The molecule has 0 aliphatic carbocycles. The van der Waals surface area contributed by atoms with Gasteiger partial charge in [0.2, 0.25) is 0 Å². The van der Waals surface area contributed by atoms with Crippen LogP contribution in [0.4, 0.5) is 5.69 Å². The molecule has 0 spiro atoms. The zero-order chi connectivity index (χ0) is 9.97. The summed E-state index contributed by atoms with van der Waals surface area (Å²) in [7, 11) is 0. The monoisotopic (exact) mass is 192 g/mol. The Morgan fingerprint density at radius 3 is 2.86 bits per heavy atom. The SMILES string of the molecule is Cc1ccccc1N1CCC(ON)C1. The first-order valence-corrected chi connectivity index (χ1v) is 4.97. The lowest BCUT2D eigenvalue weighted by Crippen LogP contribution is -2.24. The van der Waals surface area contributed by atoms with E-state index in [1.807, 2.05) is 0 Å². The fourth-order valence-electron chi connectivity index (χ4n) is 1.98. The number of para-hydroxylation sites is 1. The quantitative estimate of drug-likeness (QED) is 0.721. The fraction of sp³-hybridized carbons (Fsp3) is 0.455. The number of aryl methyl sites for hydroxylation is 1. The molecule has 3 heteroatoms. The molecule has 14 heavy (non-hydrogen) atoms. The van der Waals surface area contributed by atoms with Crippen LogP contribution in [0.5, 0.6) is 0 Å². The Morgan fingerprint density at radius 2 is 2.21 bits per heavy atom. The van der Waals surface area contributed by atoms with Crippen LogP contribution in [0.25, 0.3) is 0 Å². The molecular formula is C11H16N2O. The van der Waals surface area contributed by atoms with Gasteiger partial charge in [-0.1, -0.05) is 18.2 Å². The van der Waals surface area contributed by atoms with E-state index in [2.05, 4.69) is 36.1 Å². The molecule has 1 aromatic carbocycles. The smallest absolute Gasteiger partial charge is 0.0978 e. The highest BCUT2D eigenvalue weighted by Gasteiger charge is 2.23. The second kappa shape index (κ2) is 3.98. The number of nitrogens with two attached hydrogens (primary N) is 1. The highest BCUT2D eigenvalue weighted by molar-refractivity contribution is 5.53. The van der Waals surface area contributed by atoms with Crippen molar-refractivity contribution in [3.05, 3.63) is 29.8 Å². The Morgan fingerprint density at radius 1 is 1.43 bits per heavy atom. The van der Waals surface area contributed by atoms with E-state index in [-0.39, 0.29) is 6.10 Å². The normalized spacial score (nSPS) is 21.6. The van der Waals surface area contributed by atoms with Gasteiger partial charge in [0.15, 0.2) is 0 Å². The first-order chi connectivity index (χ1) is 6.81. The summed E-state index contributed by atoms with van der Waals surface area (Å²) in [6, 6.07) is 8.41. The molecule has 0 bridgehead atoms. The highest BCUT2D eigenvalue weighted by atomic mass is 16.6. The average Bonchev–Trinajstić information content (AvgIpc) is 2.67. The van der Waals surface area contributed by atoms with Crippen LogP contribution in [0.2, 0.25) is 0 Å². The molecule has 1 atom stereocenters. The lowest BCUT2D eigenvalue weighted by atomic mass is 10.2. The molecule has 1 unspecified atom stereocenters. The van der Waals surface area contributed by atoms with Gasteiger partial charge in [0.25, 0.3) is 0 Å². The first kappa shape index (κ1) is 9.49. The topological polar surface area (TPSA) is 38.5 Å². The standard InChI is InChI=1S/C11H16N2O/c1-9-4-2-3-5-11(9)13-7-6-10(8-13)14-12/h2-5,10H,6-8,12H2,1H3. The van der Waals surface area contributed by atoms with Crippen LogP contribution in [0, 0.1) is 6.92 Å². The molecule has 0 radical (unpaired) electrons. The molecule has 1 aromatic rings. The molecule has 1 fully saturated rings. The van der Waals surface area contributed by atoms with E-state index in [0.717, 1.165) is 19.5 Å². The summed E-state index contributed by atoms with van der Waals surface area (Å²) < 4.78 is 0. The number of hydrogen-bond acceptors (Lipinski definition) is 3. The Bertz CT molecular complexity index is 314. The third-order valence-corrected chi connectivity index (χ3v) is 2.79. The third-order valence-electron chi connectivity index (χ3n) is 2.79. The second-order valence-electron chi connectivity index (χ2n) is 3.78. The molecule has 3 nitrogen and oxygen atoms in total. The molecule has 2 N–H and O–H groups in total. The molecule has 1 heterocycles. The zero-order valence-corrected chi connectivity index (χ0v) is 8.44. The summed E-state index contributed by atoms with van der Waals surface area (Å²) in [5.41, 5.74) is 2.61. The summed E-state index contributed by atoms with van der Waals surface area (Å²) in [6.07, 6.45) is 1.21. The summed E-state index contributed by atoms with van der Waals surface area (Å²) >= 11 is 0. The van der Waals surface area contributed by atoms with Gasteiger partial charge in [0, 0.05) is 18.8 Å². The lowest BCUT2D eigenvalue weighted by molar-refractivity contribution is 0.0690. The zero-order valence-electron chi connectivity index (χ0n) is 8.44. The molecule has 0 amide bonds. The molecular weight excluding hydrogens is 176 g/mol. The van der Waals surface area contributed by atoms with Gasteiger partial charge in [-0.25, -0.2) is 5.90 Å². The Kier molecular flexibility index (Phi) is 2.70. The largest absolute Gasteiger partial charge is 0.369 e. The first-order valence-electron chi connectivity index (χ1n) is 4.97. The van der Waals surface area contributed by atoms with Crippen LogP contribution in [0.1, 0.15) is 12.0 Å². The second-order valence-corrected chi connectivity index (χ2v) is 3.78. The van der Waals surface area contributed by atoms with Crippen LogP contribution >= 0.6 is 0 Å². The van der Waals surface area contributed by atoms with Gasteiger partial charge in [-0.05, 0) is 25.0 Å². The van der Waals surface area contributed by atoms with Gasteiger partial charge in [-0.3, -0.25) is 4.84 Å². The van der Waals surface area contributed by atoms with Crippen molar-refractivity contribution in [3.63, 3.8) is 0 Å². The van der Waals surface area contributed by atoms with Crippen LogP contribution in [-0.4, -0.2) is 19.2 Å². The third kappa shape index (κ3) is 1.74. The summed E-state index contributed by atoms with van der Waals surface area (Å²) in [5, 5.41) is 0. The van der Waals surface area contributed by atoms with Crippen LogP contribution < -0.4 is 10.8 Å². The van der Waals surface area contributed by atoms with Gasteiger partial charge >= 0.3 is 0 Å². The maximum atomic E-state index is 5.19. The number of anilines is 1. The lowest BCUT2D eigenvalue weighted by Gasteiger charge is -2.20. The van der Waals surface area contributed by atoms with Crippen molar-refractivity contribution in [3.8, 4) is 0 Å². The van der Waals surface area contributed by atoms with E-state index in [0.29, 0.717) is 0 Å². The fourth-order valence-corrected chi connectivity index (χ4v) is 1.98. The Balaban J connectivity index is 2.13. The molecule has 0 aromatic heterocycles. The van der Waals surface area contributed by atoms with E-state index in [9.17, 15) is 0 Å². The molecule has 1 aliphatic heterocycles. The Labute approximate surface area is 84.4 Å². The minimum Gasteiger partial charge on any atom is -0.369 e. The van der Waals surface area contributed by atoms with E-state index in [4.69, 9.17) is 10.7 Å². The Hall–Kier alpha value is -1.06. The van der Waals surface area contributed by atoms with Crippen molar-refractivity contribution in [1.82, 2.24) is 0 Å². The number of rotatable bonds is 2. The van der Waals surface area contributed by atoms with E-state index < -0.39 is 0 Å². The van der Waals surface area contributed by atoms with E-state index in [1.165, 1.54) is 11.3 Å². The summed E-state index contributed by atoms with van der Waals surface area (Å²) in [5.74, 6) is 5.19. The van der Waals surface area contributed by atoms with Gasteiger partial charge in [0.1, 0.15) is 0 Å². The van der Waals surface area contributed by atoms with Crippen molar-refractivity contribution >= 4 is 5.69 Å². The molecule has 1 aliphatic rings. The van der Waals surface area contributed by atoms with E-state index in [1.54, 1.807) is 0 Å². The maximum absolute atomic E-state index is 5.19. The number of benzene rings is 1. The average molecular weight is 192 g/mol. The van der Waals surface area contributed by atoms with Gasteiger partial charge in [-0.2, -0.15) is 0 Å². The molecule has 76 valence electrons. The predicted molar refractivity (Wildman–Crippen MR) is 57.1 cm³/mol. The van der Waals surface area contributed by atoms with Gasteiger partial charge in [-0.15, -0.1) is 0 Å². The van der Waals surface area contributed by atoms with Crippen molar-refractivity contribution in [2.75, 3.05) is 18.0 Å². The minimum absolute atomic E-state index is 0.189. The molecule has 2 rings (SSSR count). The van der Waals surface area contributed by atoms with Crippen molar-refractivity contribution in [2.45, 2.75) is 19.4 Å². The highest BCUT2D eigenvalue weighted by Crippen LogP contribution is 2.24.